The molecule has 3 rings (SSSR count). The zero-order valence-electron chi connectivity index (χ0n) is 14.0. The maximum atomic E-state index is 11.1. The molecule has 26 heavy (non-hydrogen) atoms. The van der Waals surface area contributed by atoms with E-state index in [4.69, 9.17) is 16.7 Å². The number of anilines is 3. The van der Waals surface area contributed by atoms with Crippen molar-refractivity contribution in [2.24, 2.45) is 0 Å². The van der Waals surface area contributed by atoms with E-state index in [1.807, 2.05) is 24.3 Å². The van der Waals surface area contributed by atoms with Gasteiger partial charge in [0.25, 0.3) is 0 Å². The number of carboxylic acids is 1. The highest BCUT2D eigenvalue weighted by Crippen LogP contribution is 2.20. The van der Waals surface area contributed by atoms with Gasteiger partial charge in [0.15, 0.2) is 0 Å². The molecule has 0 aliphatic rings. The molecule has 0 amide bonds. The van der Waals surface area contributed by atoms with Crippen molar-refractivity contribution in [3.8, 4) is 0 Å². The Morgan fingerprint density at radius 3 is 2.62 bits per heavy atom. The van der Waals surface area contributed by atoms with Crippen LogP contribution in [-0.2, 0) is 6.54 Å². The van der Waals surface area contributed by atoms with Crippen LogP contribution in [0.25, 0.3) is 0 Å². The fourth-order valence-electron chi connectivity index (χ4n) is 2.43. The average Bonchev–Trinajstić information content (AvgIpc) is 2.61. The van der Waals surface area contributed by atoms with E-state index in [1.54, 1.807) is 31.2 Å². The molecule has 0 aliphatic carbocycles. The van der Waals surface area contributed by atoms with E-state index >= 15 is 0 Å². The molecule has 3 N–H and O–H groups in total. The van der Waals surface area contributed by atoms with Crippen LogP contribution in [0.3, 0.4) is 0 Å². The Balaban J connectivity index is 1.76. The first kappa shape index (κ1) is 17.7. The molecule has 0 saturated heterocycles. The van der Waals surface area contributed by atoms with E-state index in [9.17, 15) is 4.79 Å². The van der Waals surface area contributed by atoms with Crippen LogP contribution < -0.4 is 10.6 Å². The fourth-order valence-corrected chi connectivity index (χ4v) is 2.63. The Bertz CT molecular complexity index is 946. The molecule has 0 saturated carbocycles. The lowest BCUT2D eigenvalue weighted by molar-refractivity contribution is 0.0697. The molecule has 0 atom stereocenters. The number of nitrogens with one attached hydrogen (secondary N) is 2. The van der Waals surface area contributed by atoms with Gasteiger partial charge in [-0.1, -0.05) is 35.9 Å². The normalized spacial score (nSPS) is 10.4. The predicted octanol–water partition coefficient (Wildman–Crippen LogP) is 4.49. The first-order valence-corrected chi connectivity index (χ1v) is 8.32. The summed E-state index contributed by atoms with van der Waals surface area (Å²) in [6.45, 7) is 2.32. The minimum atomic E-state index is -0.977. The summed E-state index contributed by atoms with van der Waals surface area (Å²) in [4.78, 5) is 19.8. The van der Waals surface area contributed by atoms with Crippen molar-refractivity contribution in [2.75, 3.05) is 10.6 Å². The Labute approximate surface area is 155 Å². The Morgan fingerprint density at radius 1 is 1.08 bits per heavy atom. The number of aromatic carboxylic acids is 1. The highest BCUT2D eigenvalue weighted by atomic mass is 35.5. The number of carbonyl (C=O) groups is 1. The molecule has 3 aromatic rings. The maximum Gasteiger partial charge on any atom is 0.335 e. The van der Waals surface area contributed by atoms with Crippen LogP contribution in [0, 0.1) is 6.92 Å². The summed E-state index contributed by atoms with van der Waals surface area (Å²) >= 11 is 6.17. The van der Waals surface area contributed by atoms with Crippen LogP contribution >= 0.6 is 11.6 Å². The lowest BCUT2D eigenvalue weighted by Gasteiger charge is -2.11. The number of aryl methyl sites for hydroxylation is 1. The van der Waals surface area contributed by atoms with Crippen LogP contribution in [0.5, 0.6) is 0 Å². The van der Waals surface area contributed by atoms with Gasteiger partial charge in [0, 0.05) is 23.3 Å². The summed E-state index contributed by atoms with van der Waals surface area (Å²) < 4.78 is 0. The summed E-state index contributed by atoms with van der Waals surface area (Å²) in [6.07, 6.45) is 0. The van der Waals surface area contributed by atoms with Crippen LogP contribution in [0.15, 0.2) is 54.6 Å². The number of halogens is 1. The SMILES string of the molecule is Cc1nc(NCc2ccccc2Cl)cc(Nc2cccc(C(=O)O)c2)n1. The lowest BCUT2D eigenvalue weighted by Crippen LogP contribution is -2.05. The van der Waals surface area contributed by atoms with Crippen molar-refractivity contribution in [2.45, 2.75) is 13.5 Å². The molecular weight excluding hydrogens is 352 g/mol. The van der Waals surface area contributed by atoms with E-state index in [0.29, 0.717) is 34.7 Å². The van der Waals surface area contributed by atoms with Crippen molar-refractivity contribution < 1.29 is 9.90 Å². The number of aromatic nitrogens is 2. The van der Waals surface area contributed by atoms with Gasteiger partial charge in [0.05, 0.1) is 5.56 Å². The second-order valence-electron chi connectivity index (χ2n) is 5.64. The summed E-state index contributed by atoms with van der Waals surface area (Å²) in [5.74, 6) is 0.830. The van der Waals surface area contributed by atoms with Crippen molar-refractivity contribution in [3.63, 3.8) is 0 Å². The molecule has 132 valence electrons. The largest absolute Gasteiger partial charge is 0.478 e. The Morgan fingerprint density at radius 2 is 1.85 bits per heavy atom. The van der Waals surface area contributed by atoms with Crippen LogP contribution in [0.4, 0.5) is 17.3 Å². The number of rotatable bonds is 6. The van der Waals surface area contributed by atoms with E-state index in [2.05, 4.69) is 20.6 Å². The van der Waals surface area contributed by atoms with Crippen molar-refractivity contribution in [1.29, 1.82) is 0 Å². The third kappa shape index (κ3) is 4.49. The molecular formula is C19H17ClN4O2. The summed E-state index contributed by atoms with van der Waals surface area (Å²) in [5.41, 5.74) is 1.81. The van der Waals surface area contributed by atoms with Gasteiger partial charge < -0.3 is 15.7 Å². The predicted molar refractivity (Wildman–Crippen MR) is 102 cm³/mol. The summed E-state index contributed by atoms with van der Waals surface area (Å²) in [5, 5.41) is 16.1. The first-order valence-electron chi connectivity index (χ1n) is 7.94. The van der Waals surface area contributed by atoms with Crippen molar-refractivity contribution >= 4 is 34.9 Å². The molecule has 0 radical (unpaired) electrons. The van der Waals surface area contributed by atoms with E-state index in [0.717, 1.165) is 5.56 Å². The number of hydrogen-bond acceptors (Lipinski definition) is 5. The summed E-state index contributed by atoms with van der Waals surface area (Å²) in [7, 11) is 0. The van der Waals surface area contributed by atoms with Crippen molar-refractivity contribution in [3.05, 3.63) is 76.6 Å². The molecule has 0 unspecified atom stereocenters. The molecule has 0 bridgehead atoms. The first-order chi connectivity index (χ1) is 12.5. The van der Waals surface area contributed by atoms with Crippen molar-refractivity contribution in [1.82, 2.24) is 9.97 Å². The Kier molecular flexibility index (Phi) is 5.34. The standard InChI is InChI=1S/C19H17ClN4O2/c1-12-22-17(21-11-14-5-2-3-8-16(14)20)10-18(23-12)24-15-7-4-6-13(9-15)19(25)26/h2-10H,11H2,1H3,(H,25,26)(H2,21,22,23,24). The minimum Gasteiger partial charge on any atom is -0.478 e. The number of benzene rings is 2. The zero-order chi connectivity index (χ0) is 18.5. The number of carboxylic acid groups (broad SMARTS) is 1. The third-order valence-corrected chi connectivity index (χ3v) is 4.01. The highest BCUT2D eigenvalue weighted by molar-refractivity contribution is 6.31. The van der Waals surface area contributed by atoms with Gasteiger partial charge >= 0.3 is 5.97 Å². The molecule has 6 nitrogen and oxygen atoms in total. The van der Waals surface area contributed by atoms with E-state index in [1.165, 1.54) is 6.07 Å². The second kappa shape index (κ2) is 7.84. The minimum absolute atomic E-state index is 0.206. The van der Waals surface area contributed by atoms with Gasteiger partial charge in [-0.05, 0) is 36.8 Å². The van der Waals surface area contributed by atoms with Crippen LogP contribution in [0.1, 0.15) is 21.7 Å². The fraction of sp³-hybridized carbons (Fsp3) is 0.105. The van der Waals surface area contributed by atoms with Gasteiger partial charge in [-0.2, -0.15) is 0 Å². The smallest absolute Gasteiger partial charge is 0.335 e. The number of hydrogen-bond donors (Lipinski definition) is 3. The molecule has 2 aromatic carbocycles. The summed E-state index contributed by atoms with van der Waals surface area (Å²) in [6, 6.07) is 15.9. The van der Waals surface area contributed by atoms with Crippen LogP contribution in [-0.4, -0.2) is 21.0 Å². The lowest BCUT2D eigenvalue weighted by atomic mass is 10.2. The maximum absolute atomic E-state index is 11.1. The highest BCUT2D eigenvalue weighted by Gasteiger charge is 2.06. The van der Waals surface area contributed by atoms with Gasteiger partial charge in [-0.15, -0.1) is 0 Å². The molecule has 1 aromatic heterocycles. The third-order valence-electron chi connectivity index (χ3n) is 3.64. The second-order valence-corrected chi connectivity index (χ2v) is 6.05. The van der Waals surface area contributed by atoms with Gasteiger partial charge in [-0.25, -0.2) is 14.8 Å². The molecule has 0 spiro atoms. The Hall–Kier alpha value is -3.12. The van der Waals surface area contributed by atoms with E-state index < -0.39 is 5.97 Å². The van der Waals surface area contributed by atoms with Gasteiger partial charge in [0.2, 0.25) is 0 Å². The molecule has 1 heterocycles. The number of nitrogens with zero attached hydrogens (tertiary/aromatic N) is 2. The van der Waals surface area contributed by atoms with Gasteiger partial charge in [-0.3, -0.25) is 0 Å². The quantitative estimate of drug-likeness (QED) is 0.594. The molecule has 0 fully saturated rings. The average molecular weight is 369 g/mol. The molecule has 7 heteroatoms. The van der Waals surface area contributed by atoms with Gasteiger partial charge in [0.1, 0.15) is 17.5 Å². The topological polar surface area (TPSA) is 87.1 Å². The zero-order valence-corrected chi connectivity index (χ0v) is 14.8. The monoisotopic (exact) mass is 368 g/mol. The van der Waals surface area contributed by atoms with E-state index in [-0.39, 0.29) is 5.56 Å². The molecule has 0 aliphatic heterocycles. The van der Waals surface area contributed by atoms with Crippen LogP contribution in [0.2, 0.25) is 5.02 Å².